The zero-order chi connectivity index (χ0) is 13.4. The van der Waals surface area contributed by atoms with Gasteiger partial charge in [0.1, 0.15) is 0 Å². The number of anilines is 1. The Kier molecular flexibility index (Phi) is 3.21. The van der Waals surface area contributed by atoms with Gasteiger partial charge in [-0.25, -0.2) is 4.79 Å². The van der Waals surface area contributed by atoms with E-state index in [1.807, 2.05) is 0 Å². The topological polar surface area (TPSA) is 40.5 Å². The second-order valence-corrected chi connectivity index (χ2v) is 5.92. The molecule has 3 rings (SSSR count). The lowest BCUT2D eigenvalue weighted by Gasteiger charge is -2.29. The van der Waals surface area contributed by atoms with Crippen LogP contribution in [-0.4, -0.2) is 17.6 Å². The van der Waals surface area contributed by atoms with Crippen LogP contribution in [0.25, 0.3) is 0 Å². The quantitative estimate of drug-likeness (QED) is 0.918. The molecule has 3 nitrogen and oxygen atoms in total. The van der Waals surface area contributed by atoms with Crippen LogP contribution in [-0.2, 0) is 13.0 Å². The Morgan fingerprint density at radius 2 is 2.21 bits per heavy atom. The Morgan fingerprint density at radius 3 is 2.95 bits per heavy atom. The Bertz CT molecular complexity index is 638. The van der Waals surface area contributed by atoms with E-state index in [0.29, 0.717) is 5.02 Å². The third kappa shape index (κ3) is 2.33. The Morgan fingerprint density at radius 1 is 1.37 bits per heavy atom. The number of thiophene rings is 1. The molecular formula is C14H12ClNO2S. The minimum Gasteiger partial charge on any atom is -0.478 e. The van der Waals surface area contributed by atoms with Crippen LogP contribution in [0.3, 0.4) is 0 Å². The number of rotatable bonds is 2. The molecule has 1 aliphatic heterocycles. The molecule has 0 atom stereocenters. The lowest BCUT2D eigenvalue weighted by Crippen LogP contribution is -2.29. The first-order valence-electron chi connectivity index (χ1n) is 5.98. The van der Waals surface area contributed by atoms with Crippen molar-refractivity contribution in [1.82, 2.24) is 0 Å². The molecular weight excluding hydrogens is 282 g/mol. The van der Waals surface area contributed by atoms with Crippen molar-refractivity contribution < 1.29 is 9.90 Å². The normalized spacial score (nSPS) is 14.3. The maximum Gasteiger partial charge on any atom is 0.335 e. The van der Waals surface area contributed by atoms with Crippen molar-refractivity contribution in [2.45, 2.75) is 13.0 Å². The largest absolute Gasteiger partial charge is 0.478 e. The van der Waals surface area contributed by atoms with Gasteiger partial charge in [-0.05, 0) is 41.6 Å². The highest BCUT2D eigenvalue weighted by Gasteiger charge is 2.19. The molecule has 0 bridgehead atoms. The van der Waals surface area contributed by atoms with Crippen LogP contribution in [0.4, 0.5) is 5.69 Å². The molecule has 5 heteroatoms. The summed E-state index contributed by atoms with van der Waals surface area (Å²) in [5, 5.41) is 11.6. The summed E-state index contributed by atoms with van der Waals surface area (Å²) >= 11 is 8.00. The SMILES string of the molecule is O=C(O)c1ccc(N2CCc3sccc3C2)c(Cl)c1. The van der Waals surface area contributed by atoms with Gasteiger partial charge >= 0.3 is 5.97 Å². The van der Waals surface area contributed by atoms with Gasteiger partial charge in [0.05, 0.1) is 16.3 Å². The number of halogens is 1. The molecule has 0 saturated carbocycles. The Labute approximate surface area is 120 Å². The lowest BCUT2D eigenvalue weighted by molar-refractivity contribution is 0.0697. The van der Waals surface area contributed by atoms with Crippen molar-refractivity contribution >= 4 is 34.6 Å². The highest BCUT2D eigenvalue weighted by atomic mass is 35.5. The molecule has 0 unspecified atom stereocenters. The van der Waals surface area contributed by atoms with Crippen LogP contribution in [0.15, 0.2) is 29.6 Å². The second kappa shape index (κ2) is 4.87. The summed E-state index contributed by atoms with van der Waals surface area (Å²) in [6.45, 7) is 1.75. The van der Waals surface area contributed by atoms with Gasteiger partial charge in [0, 0.05) is 18.0 Å². The van der Waals surface area contributed by atoms with Crippen LogP contribution < -0.4 is 4.90 Å². The number of carbonyl (C=O) groups is 1. The van der Waals surface area contributed by atoms with Crippen molar-refractivity contribution in [3.63, 3.8) is 0 Å². The number of aromatic carboxylic acids is 1. The van der Waals surface area contributed by atoms with Gasteiger partial charge in [0.2, 0.25) is 0 Å². The first-order valence-corrected chi connectivity index (χ1v) is 7.24. The Hall–Kier alpha value is -1.52. The molecule has 0 fully saturated rings. The molecule has 0 saturated heterocycles. The summed E-state index contributed by atoms with van der Waals surface area (Å²) in [6, 6.07) is 7.06. The molecule has 0 spiro atoms. The summed E-state index contributed by atoms with van der Waals surface area (Å²) in [4.78, 5) is 14.5. The summed E-state index contributed by atoms with van der Waals surface area (Å²) < 4.78 is 0. The van der Waals surface area contributed by atoms with E-state index in [4.69, 9.17) is 16.7 Å². The molecule has 1 aromatic heterocycles. The van der Waals surface area contributed by atoms with E-state index in [-0.39, 0.29) is 5.56 Å². The number of fused-ring (bicyclic) bond motifs is 1. The van der Waals surface area contributed by atoms with E-state index in [1.54, 1.807) is 23.5 Å². The van der Waals surface area contributed by atoms with Gasteiger partial charge in [0.25, 0.3) is 0 Å². The summed E-state index contributed by atoms with van der Waals surface area (Å²) in [6.07, 6.45) is 1.02. The maximum atomic E-state index is 10.9. The number of nitrogens with zero attached hydrogens (tertiary/aromatic N) is 1. The first kappa shape index (κ1) is 12.5. The molecule has 0 aliphatic carbocycles. The average Bonchev–Trinajstić information content (AvgIpc) is 2.85. The third-order valence-electron chi connectivity index (χ3n) is 3.34. The number of carboxylic acid groups (broad SMARTS) is 1. The average molecular weight is 294 g/mol. The fraction of sp³-hybridized carbons (Fsp3) is 0.214. The van der Waals surface area contributed by atoms with Gasteiger partial charge < -0.3 is 10.0 Å². The minimum absolute atomic E-state index is 0.224. The van der Waals surface area contributed by atoms with Gasteiger partial charge in [-0.1, -0.05) is 11.6 Å². The van der Waals surface area contributed by atoms with Crippen molar-refractivity contribution in [1.29, 1.82) is 0 Å². The van der Waals surface area contributed by atoms with Crippen LogP contribution in [0.5, 0.6) is 0 Å². The van der Waals surface area contributed by atoms with Crippen LogP contribution in [0.2, 0.25) is 5.02 Å². The van der Waals surface area contributed by atoms with Crippen molar-refractivity contribution in [3.05, 3.63) is 50.7 Å². The molecule has 1 N–H and O–H groups in total. The first-order chi connectivity index (χ1) is 9.15. The fourth-order valence-corrected chi connectivity index (χ4v) is 3.54. The van der Waals surface area contributed by atoms with Crippen molar-refractivity contribution in [2.24, 2.45) is 0 Å². The molecule has 1 aromatic carbocycles. The molecule has 98 valence electrons. The van der Waals surface area contributed by atoms with E-state index in [1.165, 1.54) is 16.5 Å². The van der Waals surface area contributed by atoms with Gasteiger partial charge in [-0.2, -0.15) is 0 Å². The lowest BCUT2D eigenvalue weighted by atomic mass is 10.1. The van der Waals surface area contributed by atoms with Crippen molar-refractivity contribution in [2.75, 3.05) is 11.4 Å². The van der Waals surface area contributed by atoms with E-state index in [9.17, 15) is 4.79 Å². The number of carboxylic acids is 1. The Balaban J connectivity index is 1.90. The number of hydrogen-bond donors (Lipinski definition) is 1. The van der Waals surface area contributed by atoms with E-state index >= 15 is 0 Å². The molecule has 2 aromatic rings. The number of benzene rings is 1. The third-order valence-corrected chi connectivity index (χ3v) is 4.67. The van der Waals surface area contributed by atoms with Gasteiger partial charge in [-0.15, -0.1) is 11.3 Å². The number of hydrogen-bond acceptors (Lipinski definition) is 3. The van der Waals surface area contributed by atoms with Gasteiger partial charge in [-0.3, -0.25) is 0 Å². The monoisotopic (exact) mass is 293 g/mol. The molecule has 0 radical (unpaired) electrons. The zero-order valence-electron chi connectivity index (χ0n) is 10.1. The molecule has 1 aliphatic rings. The smallest absolute Gasteiger partial charge is 0.335 e. The fourth-order valence-electron chi connectivity index (χ4n) is 2.35. The predicted octanol–water partition coefficient (Wildman–Crippen LogP) is 3.66. The van der Waals surface area contributed by atoms with Crippen LogP contribution >= 0.6 is 22.9 Å². The second-order valence-electron chi connectivity index (χ2n) is 4.51. The highest BCUT2D eigenvalue weighted by Crippen LogP contribution is 2.32. The van der Waals surface area contributed by atoms with Crippen LogP contribution in [0.1, 0.15) is 20.8 Å². The standard InChI is InChI=1S/C14H12ClNO2S/c15-11-7-9(14(17)18)1-2-12(11)16-5-3-13-10(8-16)4-6-19-13/h1-2,4,6-7H,3,5,8H2,(H,17,18). The minimum atomic E-state index is -0.952. The van der Waals surface area contributed by atoms with Crippen molar-refractivity contribution in [3.8, 4) is 0 Å². The van der Waals surface area contributed by atoms with E-state index in [2.05, 4.69) is 16.3 Å². The highest BCUT2D eigenvalue weighted by molar-refractivity contribution is 7.10. The van der Waals surface area contributed by atoms with E-state index in [0.717, 1.165) is 25.2 Å². The van der Waals surface area contributed by atoms with Gasteiger partial charge in [0.15, 0.2) is 0 Å². The maximum absolute atomic E-state index is 10.9. The van der Waals surface area contributed by atoms with Crippen LogP contribution in [0, 0.1) is 0 Å². The molecule has 2 heterocycles. The van der Waals surface area contributed by atoms with E-state index < -0.39 is 5.97 Å². The predicted molar refractivity (Wildman–Crippen MR) is 77.5 cm³/mol. The summed E-state index contributed by atoms with van der Waals surface area (Å²) in [5.41, 5.74) is 2.47. The molecule has 19 heavy (non-hydrogen) atoms. The zero-order valence-corrected chi connectivity index (χ0v) is 11.7. The summed E-state index contributed by atoms with van der Waals surface area (Å²) in [5.74, 6) is -0.952. The summed E-state index contributed by atoms with van der Waals surface area (Å²) in [7, 11) is 0. The molecule has 0 amide bonds.